The van der Waals surface area contributed by atoms with Crippen LogP contribution in [0.15, 0.2) is 60.6 Å². The molecule has 0 aliphatic heterocycles. The van der Waals surface area contributed by atoms with Crippen LogP contribution in [0.5, 0.6) is 0 Å². The Hall–Kier alpha value is -2.66. The summed E-state index contributed by atoms with van der Waals surface area (Å²) in [6.45, 7) is 19.8. The van der Waals surface area contributed by atoms with Crippen LogP contribution in [0.25, 0.3) is 32.9 Å². The Balaban J connectivity index is 0.000000274. The zero-order valence-electron chi connectivity index (χ0n) is 27.3. The van der Waals surface area contributed by atoms with Crippen molar-refractivity contribution in [1.29, 1.82) is 0 Å². The van der Waals surface area contributed by atoms with Gasteiger partial charge in [-0.3, -0.25) is 9.78 Å². The SMILES string of the molecule is CC1(C)c2c(ncc3ncc([Si](C)(C)C)cc23)-c2[c-]ccc3cccc1c23.CCC(CC)C(=O)/C=C(\O)C(CC)CC.[Ir]. The van der Waals surface area contributed by atoms with E-state index in [1.165, 1.54) is 38.5 Å². The second kappa shape index (κ2) is 14.0. The molecule has 4 aromatic rings. The maximum Gasteiger partial charge on any atom is 0.162 e. The van der Waals surface area contributed by atoms with Gasteiger partial charge in [0.05, 0.1) is 19.3 Å². The Labute approximate surface area is 272 Å². The van der Waals surface area contributed by atoms with E-state index in [4.69, 9.17) is 9.97 Å². The van der Waals surface area contributed by atoms with Crippen LogP contribution in [0.4, 0.5) is 0 Å². The van der Waals surface area contributed by atoms with Crippen molar-refractivity contribution in [2.45, 2.75) is 92.3 Å². The number of hydrogen-bond acceptors (Lipinski definition) is 4. The number of fused-ring (bicyclic) bond motifs is 4. The number of pyridine rings is 2. The zero-order valence-corrected chi connectivity index (χ0v) is 30.7. The molecule has 0 saturated heterocycles. The number of ketones is 1. The van der Waals surface area contributed by atoms with Gasteiger partial charge in [0.2, 0.25) is 0 Å². The Bertz CT molecular complexity index is 1620. The van der Waals surface area contributed by atoms with Crippen molar-refractivity contribution in [1.82, 2.24) is 9.97 Å². The molecule has 2 aromatic carbocycles. The predicted molar refractivity (Wildman–Crippen MR) is 180 cm³/mol. The molecule has 43 heavy (non-hydrogen) atoms. The van der Waals surface area contributed by atoms with E-state index in [9.17, 15) is 9.90 Å². The number of hydrogen-bond donors (Lipinski definition) is 1. The van der Waals surface area contributed by atoms with E-state index in [-0.39, 0.29) is 48.9 Å². The van der Waals surface area contributed by atoms with Gasteiger partial charge in [-0.15, -0.1) is 29.1 Å². The number of allylic oxidation sites excluding steroid dienone is 2. The summed E-state index contributed by atoms with van der Waals surface area (Å²) in [4.78, 5) is 21.4. The van der Waals surface area contributed by atoms with Crippen LogP contribution in [0.1, 0.15) is 78.4 Å². The standard InChI is InChI=1S/C24H23N2Si.C13H24O2.Ir/c1-24(2)19-11-7-9-15-8-6-10-17(21(15)19)23-22(24)18-12-16(27(3,4)5)13-25-20(18)14-26-23;1-5-10(6-2)12(14)9-13(15)11(7-3)8-4;/h6-9,11-14H,1-5H3;9-11,14H,5-8H2,1-4H3;/q-1;;/b;12-9-;. The van der Waals surface area contributed by atoms with Crippen LogP contribution < -0.4 is 5.19 Å². The van der Waals surface area contributed by atoms with Gasteiger partial charge in [0, 0.05) is 55.8 Å². The van der Waals surface area contributed by atoms with E-state index in [1.54, 1.807) is 0 Å². The van der Waals surface area contributed by atoms with Gasteiger partial charge in [0.25, 0.3) is 0 Å². The van der Waals surface area contributed by atoms with Gasteiger partial charge in [-0.05, 0) is 47.5 Å². The number of aromatic nitrogens is 2. The van der Waals surface area contributed by atoms with E-state index >= 15 is 0 Å². The Morgan fingerprint density at radius 1 is 0.977 bits per heavy atom. The fourth-order valence-electron chi connectivity index (χ4n) is 6.23. The molecule has 5 rings (SSSR count). The molecule has 1 radical (unpaired) electrons. The topological polar surface area (TPSA) is 63.1 Å². The number of aliphatic hydroxyl groups is 1. The minimum Gasteiger partial charge on any atom is -0.512 e. The number of aliphatic hydroxyl groups excluding tert-OH is 1. The fourth-order valence-corrected chi connectivity index (χ4v) is 7.25. The molecular formula is C37H47IrN2O2Si-. The summed E-state index contributed by atoms with van der Waals surface area (Å²) in [5.41, 5.74) is 5.67. The minimum atomic E-state index is -1.45. The quantitative estimate of drug-likeness (QED) is 0.0840. The van der Waals surface area contributed by atoms with Crippen LogP contribution in [-0.2, 0) is 30.3 Å². The second-order valence-electron chi connectivity index (χ2n) is 13.1. The third-order valence-electron chi connectivity index (χ3n) is 9.06. The predicted octanol–water partition coefficient (Wildman–Crippen LogP) is 9.30. The molecular weight excluding hydrogens is 725 g/mol. The summed E-state index contributed by atoms with van der Waals surface area (Å²) in [6, 6.07) is 16.6. The summed E-state index contributed by atoms with van der Waals surface area (Å²) < 4.78 is 0. The first-order chi connectivity index (χ1) is 19.9. The van der Waals surface area contributed by atoms with Gasteiger partial charge >= 0.3 is 0 Å². The van der Waals surface area contributed by atoms with Crippen molar-refractivity contribution in [3.8, 4) is 11.3 Å². The average molecular weight is 772 g/mol. The molecule has 4 nitrogen and oxygen atoms in total. The number of nitrogens with zero attached hydrogens (tertiary/aromatic N) is 2. The number of rotatable bonds is 8. The maximum atomic E-state index is 11.7. The summed E-state index contributed by atoms with van der Waals surface area (Å²) in [5.74, 6) is 0.547. The van der Waals surface area contributed by atoms with Crippen LogP contribution in [0.3, 0.4) is 0 Å². The van der Waals surface area contributed by atoms with E-state index in [0.717, 1.165) is 42.5 Å². The normalized spacial score (nSPS) is 13.9. The van der Waals surface area contributed by atoms with Crippen molar-refractivity contribution in [2.24, 2.45) is 11.8 Å². The summed E-state index contributed by atoms with van der Waals surface area (Å²) >= 11 is 0. The smallest absolute Gasteiger partial charge is 0.162 e. The van der Waals surface area contributed by atoms with Crippen LogP contribution >= 0.6 is 0 Å². The molecule has 2 aromatic heterocycles. The first-order valence-corrected chi connectivity index (χ1v) is 19.1. The third-order valence-corrected chi connectivity index (χ3v) is 11.1. The summed E-state index contributed by atoms with van der Waals surface area (Å²) in [7, 11) is -1.45. The zero-order chi connectivity index (χ0) is 30.8. The molecule has 0 fully saturated rings. The Morgan fingerprint density at radius 2 is 1.63 bits per heavy atom. The van der Waals surface area contributed by atoms with Gasteiger partial charge < -0.3 is 10.1 Å². The molecule has 1 N–H and O–H groups in total. The van der Waals surface area contributed by atoms with Gasteiger partial charge in [-0.2, -0.15) is 0 Å². The molecule has 1 aliphatic rings. The van der Waals surface area contributed by atoms with Crippen LogP contribution in [0, 0.1) is 17.9 Å². The number of benzene rings is 2. The molecule has 0 spiro atoms. The maximum absolute atomic E-state index is 11.7. The Morgan fingerprint density at radius 3 is 2.23 bits per heavy atom. The van der Waals surface area contributed by atoms with Crippen molar-refractivity contribution in [3.05, 3.63) is 77.8 Å². The van der Waals surface area contributed by atoms with Gasteiger partial charge in [0.1, 0.15) is 0 Å². The first-order valence-electron chi connectivity index (χ1n) is 15.6. The first kappa shape index (κ1) is 34.8. The van der Waals surface area contributed by atoms with Crippen molar-refractivity contribution in [3.63, 3.8) is 0 Å². The molecule has 2 heterocycles. The van der Waals surface area contributed by atoms with Crippen molar-refractivity contribution >= 4 is 40.7 Å². The molecule has 231 valence electrons. The van der Waals surface area contributed by atoms with Gasteiger partial charge in [-0.25, -0.2) is 0 Å². The van der Waals surface area contributed by atoms with Crippen molar-refractivity contribution < 1.29 is 30.0 Å². The molecule has 1 aliphatic carbocycles. The van der Waals surface area contributed by atoms with E-state index in [0.29, 0.717) is 0 Å². The minimum absolute atomic E-state index is 0. The van der Waals surface area contributed by atoms with Crippen LogP contribution in [-0.4, -0.2) is 28.9 Å². The number of carbonyl (C=O) groups excluding carboxylic acids is 1. The Kier molecular flexibility index (Phi) is 11.3. The van der Waals surface area contributed by atoms with Crippen molar-refractivity contribution in [2.75, 3.05) is 0 Å². The molecule has 0 saturated carbocycles. The average Bonchev–Trinajstić information content (AvgIpc) is 2.96. The molecule has 0 unspecified atom stereocenters. The fraction of sp³-hybridized carbons (Fsp3) is 0.432. The van der Waals surface area contributed by atoms with Gasteiger partial charge in [0.15, 0.2) is 5.78 Å². The molecule has 6 heteroatoms. The van der Waals surface area contributed by atoms with E-state index in [1.807, 2.05) is 40.0 Å². The van der Waals surface area contributed by atoms with E-state index in [2.05, 4.69) is 76.1 Å². The monoisotopic (exact) mass is 772 g/mol. The largest absolute Gasteiger partial charge is 0.512 e. The molecule has 0 amide bonds. The van der Waals surface area contributed by atoms with Crippen LogP contribution in [0.2, 0.25) is 19.6 Å². The number of carbonyl (C=O) groups is 1. The van der Waals surface area contributed by atoms with Gasteiger partial charge in [-0.1, -0.05) is 96.4 Å². The van der Waals surface area contributed by atoms with E-state index < -0.39 is 8.07 Å². The third kappa shape index (κ3) is 6.87. The molecule has 0 bridgehead atoms. The second-order valence-corrected chi connectivity index (χ2v) is 18.2. The molecule has 0 atom stereocenters. The summed E-state index contributed by atoms with van der Waals surface area (Å²) in [6.07, 6.45) is 8.89. The summed E-state index contributed by atoms with van der Waals surface area (Å²) in [5, 5.41) is 14.9.